The van der Waals surface area contributed by atoms with Crippen LogP contribution in [0.4, 0.5) is 0 Å². The summed E-state index contributed by atoms with van der Waals surface area (Å²) in [5.41, 5.74) is 9.98. The van der Waals surface area contributed by atoms with Crippen LogP contribution in [0, 0.1) is 0 Å². The van der Waals surface area contributed by atoms with E-state index in [1.54, 1.807) is 19.2 Å². The summed E-state index contributed by atoms with van der Waals surface area (Å²) in [6, 6.07) is 14.8. The molecular weight excluding hydrogens is 410 g/mol. The molecule has 2 aromatic rings. The fourth-order valence-corrected chi connectivity index (χ4v) is 3.64. The number of hydrogen-bond acceptors (Lipinski definition) is 6. The van der Waals surface area contributed by atoms with Gasteiger partial charge in [-0.25, -0.2) is 4.99 Å². The van der Waals surface area contributed by atoms with Crippen LogP contribution in [0.5, 0.6) is 5.75 Å². The van der Waals surface area contributed by atoms with E-state index in [9.17, 15) is 4.79 Å². The lowest BCUT2D eigenvalue weighted by atomic mass is 9.84. The second-order valence-electron chi connectivity index (χ2n) is 7.46. The molecule has 2 atom stereocenters. The van der Waals surface area contributed by atoms with E-state index < -0.39 is 11.6 Å². The molecule has 32 heavy (non-hydrogen) atoms. The molecule has 9 heteroatoms. The first-order valence-corrected chi connectivity index (χ1v) is 10.4. The van der Waals surface area contributed by atoms with Crippen molar-refractivity contribution in [2.75, 3.05) is 20.3 Å². The van der Waals surface area contributed by atoms with Crippen molar-refractivity contribution in [3.8, 4) is 5.75 Å². The first kappa shape index (κ1) is 23.1. The molecule has 0 spiro atoms. The number of aliphatic imine (C=N–C) groups is 1. The molecule has 0 aliphatic carbocycles. The summed E-state index contributed by atoms with van der Waals surface area (Å²) in [6.45, 7) is 2.53. The molecule has 1 heterocycles. The van der Waals surface area contributed by atoms with E-state index in [1.165, 1.54) is 0 Å². The highest BCUT2D eigenvalue weighted by molar-refractivity contribution is 6.00. The summed E-state index contributed by atoms with van der Waals surface area (Å²) in [4.78, 5) is 20.6. The van der Waals surface area contributed by atoms with E-state index >= 15 is 0 Å². The minimum absolute atomic E-state index is 0.0776. The van der Waals surface area contributed by atoms with Crippen LogP contribution in [0.1, 0.15) is 30.0 Å². The smallest absolute Gasteiger partial charge is 0.252 e. The summed E-state index contributed by atoms with van der Waals surface area (Å²) in [5, 5.41) is 15.3. The van der Waals surface area contributed by atoms with Gasteiger partial charge in [0.05, 0.1) is 13.2 Å². The molecule has 3 rings (SSSR count). The van der Waals surface area contributed by atoms with Gasteiger partial charge in [0.2, 0.25) is 5.90 Å². The van der Waals surface area contributed by atoms with Gasteiger partial charge in [-0.05, 0) is 47.8 Å². The number of nitrogens with one attached hydrogen (secondary N) is 1. The Morgan fingerprint density at radius 1 is 1.28 bits per heavy atom. The van der Waals surface area contributed by atoms with Gasteiger partial charge >= 0.3 is 0 Å². The number of nitrogens with zero attached hydrogens (tertiary/aromatic N) is 4. The summed E-state index contributed by atoms with van der Waals surface area (Å²) < 4.78 is 11.6. The second-order valence-corrected chi connectivity index (χ2v) is 7.46. The van der Waals surface area contributed by atoms with Crippen molar-refractivity contribution in [1.82, 2.24) is 5.32 Å². The molecule has 2 aromatic carbocycles. The molecule has 0 aromatic heterocycles. The van der Waals surface area contributed by atoms with Crippen molar-refractivity contribution in [3.05, 3.63) is 75.7 Å². The van der Waals surface area contributed by atoms with Gasteiger partial charge in [0.1, 0.15) is 11.9 Å². The third kappa shape index (κ3) is 5.01. The summed E-state index contributed by atoms with van der Waals surface area (Å²) >= 11 is 0. The molecular formula is C23H27N5O4. The molecule has 0 fully saturated rings. The Kier molecular flexibility index (Phi) is 7.70. The predicted octanol–water partition coefficient (Wildman–Crippen LogP) is 3.15. The van der Waals surface area contributed by atoms with Gasteiger partial charge in [-0.15, -0.1) is 0 Å². The standard InChI is InChI=1S/C23H27N5O4/c1-16-23(22(30)25-2,14-18-6-3-4-7-19(18)15-26-28-24)27-21(32-16)17-8-10-20(11-9-17)31-13-5-12-29/h3-4,6-11,16,29H,5,12-15H2,1-2H3,(H,25,30)/t16-,23-/m1/s1. The number of aliphatic hydroxyl groups excluding tert-OH is 1. The highest BCUT2D eigenvalue weighted by Crippen LogP contribution is 2.33. The van der Waals surface area contributed by atoms with Crippen LogP contribution in [0.3, 0.4) is 0 Å². The number of amides is 1. The Balaban J connectivity index is 1.91. The molecule has 0 bridgehead atoms. The normalized spacial score (nSPS) is 19.5. The molecule has 2 N–H and O–H groups in total. The number of carbonyl (C=O) groups excluding carboxylic acids is 1. The minimum atomic E-state index is -1.16. The fourth-order valence-electron chi connectivity index (χ4n) is 3.64. The molecule has 1 aliphatic rings. The van der Waals surface area contributed by atoms with E-state index in [0.29, 0.717) is 31.1 Å². The molecule has 1 aliphatic heterocycles. The summed E-state index contributed by atoms with van der Waals surface area (Å²) in [7, 11) is 1.58. The molecule has 0 saturated heterocycles. The maximum atomic E-state index is 13.0. The molecule has 1 amide bonds. The molecule has 168 valence electrons. The van der Waals surface area contributed by atoms with Crippen LogP contribution in [-0.4, -0.2) is 48.8 Å². The lowest BCUT2D eigenvalue weighted by Gasteiger charge is -2.28. The molecule has 0 unspecified atom stereocenters. The van der Waals surface area contributed by atoms with Crippen molar-refractivity contribution in [1.29, 1.82) is 0 Å². The predicted molar refractivity (Wildman–Crippen MR) is 121 cm³/mol. The first-order valence-electron chi connectivity index (χ1n) is 10.4. The van der Waals surface area contributed by atoms with Crippen molar-refractivity contribution in [2.24, 2.45) is 10.1 Å². The Morgan fingerprint density at radius 3 is 2.66 bits per heavy atom. The van der Waals surface area contributed by atoms with E-state index in [2.05, 4.69) is 15.3 Å². The van der Waals surface area contributed by atoms with E-state index in [1.807, 2.05) is 43.3 Å². The fraction of sp³-hybridized carbons (Fsp3) is 0.391. The zero-order valence-electron chi connectivity index (χ0n) is 18.2. The molecule has 9 nitrogen and oxygen atoms in total. The van der Waals surface area contributed by atoms with Gasteiger partial charge in [0, 0.05) is 37.0 Å². The van der Waals surface area contributed by atoms with Gasteiger partial charge in [0.15, 0.2) is 5.54 Å². The lowest BCUT2D eigenvalue weighted by molar-refractivity contribution is -0.127. The van der Waals surface area contributed by atoms with Crippen molar-refractivity contribution in [2.45, 2.75) is 38.0 Å². The molecule has 0 saturated carbocycles. The molecule has 0 radical (unpaired) electrons. The number of aliphatic hydroxyl groups is 1. The average molecular weight is 438 g/mol. The highest BCUT2D eigenvalue weighted by Gasteiger charge is 2.50. The van der Waals surface area contributed by atoms with E-state index in [-0.39, 0.29) is 19.1 Å². The zero-order valence-corrected chi connectivity index (χ0v) is 18.2. The van der Waals surface area contributed by atoms with Crippen molar-refractivity contribution in [3.63, 3.8) is 0 Å². The Morgan fingerprint density at radius 2 is 2.00 bits per heavy atom. The van der Waals surface area contributed by atoms with Crippen LogP contribution in [-0.2, 0) is 22.5 Å². The van der Waals surface area contributed by atoms with Gasteiger partial charge < -0.3 is 19.9 Å². The summed E-state index contributed by atoms with van der Waals surface area (Å²) in [5.74, 6) is 0.816. The second kappa shape index (κ2) is 10.7. The van der Waals surface area contributed by atoms with E-state index in [4.69, 9.17) is 25.1 Å². The van der Waals surface area contributed by atoms with Crippen LogP contribution in [0.15, 0.2) is 58.6 Å². The van der Waals surface area contributed by atoms with E-state index in [0.717, 1.165) is 16.7 Å². The third-order valence-corrected chi connectivity index (χ3v) is 5.44. The van der Waals surface area contributed by atoms with Crippen molar-refractivity contribution >= 4 is 11.8 Å². The highest BCUT2D eigenvalue weighted by atomic mass is 16.5. The van der Waals surface area contributed by atoms with Gasteiger partial charge in [0.25, 0.3) is 5.91 Å². The van der Waals surface area contributed by atoms with Gasteiger partial charge in [-0.3, -0.25) is 4.79 Å². The number of benzene rings is 2. The van der Waals surface area contributed by atoms with Crippen LogP contribution < -0.4 is 10.1 Å². The number of likely N-dealkylation sites (N-methyl/N-ethyl adjacent to an activating group) is 1. The first-order chi connectivity index (χ1) is 15.5. The third-order valence-electron chi connectivity index (χ3n) is 5.44. The van der Waals surface area contributed by atoms with Crippen LogP contribution >= 0.6 is 0 Å². The Labute approximate surface area is 186 Å². The number of carbonyl (C=O) groups is 1. The topological polar surface area (TPSA) is 129 Å². The van der Waals surface area contributed by atoms with Gasteiger partial charge in [-0.2, -0.15) is 0 Å². The maximum Gasteiger partial charge on any atom is 0.252 e. The Bertz CT molecular complexity index is 1020. The summed E-state index contributed by atoms with van der Waals surface area (Å²) in [6.07, 6.45) is 0.354. The quantitative estimate of drug-likeness (QED) is 0.256. The average Bonchev–Trinajstić information content (AvgIpc) is 3.15. The SMILES string of the molecule is CNC(=O)[C@]1(Cc2ccccc2CN=[N+]=[N-])N=C(c2ccc(OCCCO)cc2)O[C@@H]1C. The number of rotatable bonds is 10. The Hall–Kier alpha value is -3.55. The minimum Gasteiger partial charge on any atom is -0.494 e. The van der Waals surface area contributed by atoms with Crippen molar-refractivity contribution < 1.29 is 19.4 Å². The lowest BCUT2D eigenvalue weighted by Crippen LogP contribution is -2.51. The van der Waals surface area contributed by atoms with Crippen LogP contribution in [0.25, 0.3) is 10.4 Å². The largest absolute Gasteiger partial charge is 0.494 e. The monoisotopic (exact) mass is 437 g/mol. The zero-order chi connectivity index (χ0) is 23.0. The number of ether oxygens (including phenoxy) is 2. The van der Waals surface area contributed by atoms with Crippen LogP contribution in [0.2, 0.25) is 0 Å². The van der Waals surface area contributed by atoms with Gasteiger partial charge in [-0.1, -0.05) is 29.4 Å². The number of azide groups is 1. The maximum absolute atomic E-state index is 13.0. The number of hydrogen-bond donors (Lipinski definition) is 2.